The molecule has 0 fully saturated rings. The molecule has 106 valence electrons. The van der Waals surface area contributed by atoms with E-state index < -0.39 is 0 Å². The minimum absolute atomic E-state index is 0.00586. The summed E-state index contributed by atoms with van der Waals surface area (Å²) in [5, 5.41) is 2.65. The third-order valence-corrected chi connectivity index (χ3v) is 3.10. The van der Waals surface area contributed by atoms with E-state index in [9.17, 15) is 4.79 Å². The standard InChI is InChI=1S/C15H17ClN2O2/c1-10(8-12-4-3-7-17-9-12)18-15(19)14-6-5-13(20-14)11(2)16/h3-7,9-11H,8H2,1-2H3,(H,18,19). The highest BCUT2D eigenvalue weighted by molar-refractivity contribution is 6.20. The quantitative estimate of drug-likeness (QED) is 0.860. The van der Waals surface area contributed by atoms with Gasteiger partial charge in [0.15, 0.2) is 5.76 Å². The first-order chi connectivity index (χ1) is 9.56. The van der Waals surface area contributed by atoms with E-state index in [1.165, 1.54) is 0 Å². The van der Waals surface area contributed by atoms with Crippen molar-refractivity contribution < 1.29 is 9.21 Å². The van der Waals surface area contributed by atoms with Gasteiger partial charge in [0, 0.05) is 18.4 Å². The number of carbonyl (C=O) groups excluding carboxylic acids is 1. The first kappa shape index (κ1) is 14.6. The van der Waals surface area contributed by atoms with Crippen molar-refractivity contribution in [2.24, 2.45) is 0 Å². The first-order valence-electron chi connectivity index (χ1n) is 6.50. The van der Waals surface area contributed by atoms with Gasteiger partial charge in [-0.2, -0.15) is 0 Å². The summed E-state index contributed by atoms with van der Waals surface area (Å²) in [6.45, 7) is 3.74. The van der Waals surface area contributed by atoms with Crippen LogP contribution in [0.4, 0.5) is 0 Å². The van der Waals surface area contributed by atoms with Crippen LogP contribution in [0.2, 0.25) is 0 Å². The number of carbonyl (C=O) groups is 1. The first-order valence-corrected chi connectivity index (χ1v) is 6.93. The molecule has 2 aromatic heterocycles. The molecule has 0 aliphatic rings. The Balaban J connectivity index is 1.93. The Morgan fingerprint density at radius 1 is 1.40 bits per heavy atom. The lowest BCUT2D eigenvalue weighted by atomic mass is 10.1. The molecule has 0 saturated carbocycles. The highest BCUT2D eigenvalue weighted by Gasteiger charge is 2.15. The van der Waals surface area contributed by atoms with Crippen LogP contribution < -0.4 is 5.32 Å². The van der Waals surface area contributed by atoms with Crippen LogP contribution in [-0.4, -0.2) is 16.9 Å². The lowest BCUT2D eigenvalue weighted by Crippen LogP contribution is -2.33. The van der Waals surface area contributed by atoms with Gasteiger partial charge in [-0.15, -0.1) is 11.6 Å². The molecule has 20 heavy (non-hydrogen) atoms. The fourth-order valence-corrected chi connectivity index (χ4v) is 2.02. The largest absolute Gasteiger partial charge is 0.454 e. The molecule has 0 saturated heterocycles. The molecule has 2 unspecified atom stereocenters. The zero-order chi connectivity index (χ0) is 14.5. The molecule has 0 aliphatic heterocycles. The van der Waals surface area contributed by atoms with Crippen molar-refractivity contribution in [2.45, 2.75) is 31.7 Å². The van der Waals surface area contributed by atoms with Gasteiger partial charge in [-0.1, -0.05) is 6.07 Å². The Kier molecular flexibility index (Phi) is 4.79. The van der Waals surface area contributed by atoms with Crippen molar-refractivity contribution in [1.82, 2.24) is 10.3 Å². The summed E-state index contributed by atoms with van der Waals surface area (Å²) in [5.74, 6) is 0.646. The lowest BCUT2D eigenvalue weighted by Gasteiger charge is -2.12. The predicted molar refractivity (Wildman–Crippen MR) is 77.8 cm³/mol. The lowest BCUT2D eigenvalue weighted by molar-refractivity contribution is 0.0910. The van der Waals surface area contributed by atoms with Crippen molar-refractivity contribution in [3.63, 3.8) is 0 Å². The van der Waals surface area contributed by atoms with Gasteiger partial charge < -0.3 is 9.73 Å². The number of hydrogen-bond donors (Lipinski definition) is 1. The van der Waals surface area contributed by atoms with Crippen molar-refractivity contribution >= 4 is 17.5 Å². The molecule has 1 N–H and O–H groups in total. The maximum Gasteiger partial charge on any atom is 0.287 e. The van der Waals surface area contributed by atoms with Gasteiger partial charge in [-0.05, 0) is 44.0 Å². The molecule has 1 amide bonds. The highest BCUT2D eigenvalue weighted by Crippen LogP contribution is 2.21. The molecular formula is C15H17ClN2O2. The summed E-state index contributed by atoms with van der Waals surface area (Å²) in [5.41, 5.74) is 1.08. The minimum atomic E-state index is -0.246. The molecule has 0 radical (unpaired) electrons. The van der Waals surface area contributed by atoms with Crippen LogP contribution in [0.3, 0.4) is 0 Å². The van der Waals surface area contributed by atoms with Gasteiger partial charge in [0.25, 0.3) is 5.91 Å². The predicted octanol–water partition coefficient (Wildman–Crippen LogP) is 3.34. The van der Waals surface area contributed by atoms with Gasteiger partial charge in [-0.25, -0.2) is 0 Å². The number of aromatic nitrogens is 1. The summed E-state index contributed by atoms with van der Waals surface area (Å²) in [7, 11) is 0. The number of pyridine rings is 1. The average molecular weight is 293 g/mol. The van der Waals surface area contributed by atoms with Crippen LogP contribution in [0.5, 0.6) is 0 Å². The zero-order valence-corrected chi connectivity index (χ0v) is 12.2. The van der Waals surface area contributed by atoms with E-state index in [-0.39, 0.29) is 23.1 Å². The Labute approximate surface area is 123 Å². The number of rotatable bonds is 5. The fraction of sp³-hybridized carbons (Fsp3) is 0.333. The molecule has 0 bridgehead atoms. The third kappa shape index (κ3) is 3.84. The van der Waals surface area contributed by atoms with E-state index in [0.29, 0.717) is 5.76 Å². The maximum atomic E-state index is 12.0. The van der Waals surface area contributed by atoms with Crippen LogP contribution in [0, 0.1) is 0 Å². The fourth-order valence-electron chi connectivity index (χ4n) is 1.91. The Bertz CT molecular complexity index is 566. The molecule has 5 heteroatoms. The van der Waals surface area contributed by atoms with E-state index >= 15 is 0 Å². The van der Waals surface area contributed by atoms with Crippen LogP contribution in [0.25, 0.3) is 0 Å². The van der Waals surface area contributed by atoms with Crippen molar-refractivity contribution in [2.75, 3.05) is 0 Å². The number of alkyl halides is 1. The van der Waals surface area contributed by atoms with Gasteiger partial charge in [0.05, 0.1) is 5.38 Å². The summed E-state index contributed by atoms with van der Waals surface area (Å²) >= 11 is 5.90. The zero-order valence-electron chi connectivity index (χ0n) is 11.5. The van der Waals surface area contributed by atoms with Gasteiger partial charge in [0.2, 0.25) is 0 Å². The number of hydrogen-bond acceptors (Lipinski definition) is 3. The van der Waals surface area contributed by atoms with Gasteiger partial charge in [0.1, 0.15) is 5.76 Å². The van der Waals surface area contributed by atoms with Crippen LogP contribution in [-0.2, 0) is 6.42 Å². The van der Waals surface area contributed by atoms with Crippen LogP contribution in [0.15, 0.2) is 41.1 Å². The molecule has 2 atom stereocenters. The second kappa shape index (κ2) is 6.57. The molecule has 2 heterocycles. The number of nitrogens with zero attached hydrogens (tertiary/aromatic N) is 1. The molecule has 4 nitrogen and oxygen atoms in total. The van der Waals surface area contributed by atoms with E-state index in [1.54, 1.807) is 31.5 Å². The third-order valence-electron chi connectivity index (χ3n) is 2.88. The second-order valence-corrected chi connectivity index (χ2v) is 5.41. The minimum Gasteiger partial charge on any atom is -0.454 e. The summed E-state index contributed by atoms with van der Waals surface area (Å²) in [6.07, 6.45) is 4.24. The van der Waals surface area contributed by atoms with E-state index in [0.717, 1.165) is 12.0 Å². The van der Waals surface area contributed by atoms with E-state index in [1.807, 2.05) is 19.1 Å². The Morgan fingerprint density at radius 2 is 2.20 bits per heavy atom. The molecule has 0 aromatic carbocycles. The average Bonchev–Trinajstić information content (AvgIpc) is 2.89. The molecule has 0 spiro atoms. The highest BCUT2D eigenvalue weighted by atomic mass is 35.5. The number of furan rings is 1. The van der Waals surface area contributed by atoms with Crippen LogP contribution >= 0.6 is 11.6 Å². The topological polar surface area (TPSA) is 55.1 Å². The summed E-state index contributed by atoms with van der Waals surface area (Å²) < 4.78 is 5.40. The summed E-state index contributed by atoms with van der Waals surface area (Å²) in [4.78, 5) is 16.1. The SMILES string of the molecule is CC(Cc1cccnc1)NC(=O)c1ccc(C(C)Cl)o1. The van der Waals surface area contributed by atoms with Crippen molar-refractivity contribution in [1.29, 1.82) is 0 Å². The van der Waals surface area contributed by atoms with E-state index in [2.05, 4.69) is 10.3 Å². The van der Waals surface area contributed by atoms with Gasteiger partial charge in [-0.3, -0.25) is 9.78 Å². The Hall–Kier alpha value is -1.81. The summed E-state index contributed by atoms with van der Waals surface area (Å²) in [6, 6.07) is 7.22. The van der Waals surface area contributed by atoms with Gasteiger partial charge >= 0.3 is 0 Å². The molecule has 0 aliphatic carbocycles. The Morgan fingerprint density at radius 3 is 2.80 bits per heavy atom. The maximum absolute atomic E-state index is 12.0. The second-order valence-electron chi connectivity index (χ2n) is 4.76. The number of amides is 1. The molecule has 2 rings (SSSR count). The van der Waals surface area contributed by atoms with Crippen molar-refractivity contribution in [3.05, 3.63) is 53.7 Å². The van der Waals surface area contributed by atoms with Crippen molar-refractivity contribution in [3.8, 4) is 0 Å². The number of nitrogens with one attached hydrogen (secondary N) is 1. The normalized spacial score (nSPS) is 13.8. The number of halogens is 1. The van der Waals surface area contributed by atoms with E-state index in [4.69, 9.17) is 16.0 Å². The smallest absolute Gasteiger partial charge is 0.287 e. The molecular weight excluding hydrogens is 276 g/mol. The molecule has 2 aromatic rings. The monoisotopic (exact) mass is 292 g/mol. The van der Waals surface area contributed by atoms with Crippen LogP contribution in [0.1, 0.15) is 41.1 Å².